The number of hydrogen-bond acceptors (Lipinski definition) is 2. The molecule has 0 bridgehead atoms. The van der Waals surface area contributed by atoms with E-state index in [9.17, 15) is 9.59 Å². The molecule has 0 radical (unpaired) electrons. The van der Waals surface area contributed by atoms with E-state index in [1.165, 1.54) is 0 Å². The first-order valence-corrected chi connectivity index (χ1v) is 6.65. The monoisotopic (exact) mass is 258 g/mol. The topological polar surface area (TPSA) is 74.6 Å². The van der Waals surface area contributed by atoms with Crippen molar-refractivity contribution < 1.29 is 19.8 Å². The summed E-state index contributed by atoms with van der Waals surface area (Å²) in [4.78, 5) is 21.9. The van der Waals surface area contributed by atoms with E-state index < -0.39 is 17.9 Å². The molecule has 0 saturated heterocycles. The molecule has 0 fully saturated rings. The second kappa shape index (κ2) is 7.39. The van der Waals surface area contributed by atoms with E-state index >= 15 is 0 Å². The predicted octanol–water partition coefficient (Wildman–Crippen LogP) is 3.40. The Balaban J connectivity index is 4.66. The highest BCUT2D eigenvalue weighted by Gasteiger charge is 2.33. The minimum atomic E-state index is -1.28. The Morgan fingerprint density at radius 2 is 1.56 bits per heavy atom. The smallest absolute Gasteiger partial charge is 0.317 e. The largest absolute Gasteiger partial charge is 0.481 e. The van der Waals surface area contributed by atoms with Crippen LogP contribution in [0.15, 0.2) is 0 Å². The molecule has 0 spiro atoms. The SMILES string of the molecule is CCCCCC(CC(C(=O)O)C(=O)O)C(C)(C)C. The van der Waals surface area contributed by atoms with Crippen molar-refractivity contribution in [3.63, 3.8) is 0 Å². The molecule has 0 aliphatic carbocycles. The molecule has 1 atom stereocenters. The molecule has 0 saturated carbocycles. The first-order valence-electron chi connectivity index (χ1n) is 6.65. The van der Waals surface area contributed by atoms with Gasteiger partial charge in [-0.15, -0.1) is 0 Å². The first kappa shape index (κ1) is 16.9. The lowest BCUT2D eigenvalue weighted by Crippen LogP contribution is -2.31. The fourth-order valence-corrected chi connectivity index (χ4v) is 2.14. The summed E-state index contributed by atoms with van der Waals surface area (Å²) in [5.74, 6) is -3.61. The Morgan fingerprint density at radius 3 is 1.89 bits per heavy atom. The predicted molar refractivity (Wildman–Crippen MR) is 70.5 cm³/mol. The maximum Gasteiger partial charge on any atom is 0.317 e. The summed E-state index contributed by atoms with van der Waals surface area (Å²) in [5.41, 5.74) is -0.0586. The molecule has 2 N–H and O–H groups in total. The van der Waals surface area contributed by atoms with Gasteiger partial charge in [-0.2, -0.15) is 0 Å². The van der Waals surface area contributed by atoms with Gasteiger partial charge in [0.1, 0.15) is 0 Å². The van der Waals surface area contributed by atoms with Crippen molar-refractivity contribution in [2.75, 3.05) is 0 Å². The normalized spacial score (nSPS) is 13.6. The molecule has 0 aliphatic rings. The van der Waals surface area contributed by atoms with Crippen LogP contribution in [0.1, 0.15) is 59.8 Å². The zero-order chi connectivity index (χ0) is 14.3. The van der Waals surface area contributed by atoms with Crippen LogP contribution >= 0.6 is 0 Å². The molecule has 18 heavy (non-hydrogen) atoms. The van der Waals surface area contributed by atoms with Crippen LogP contribution in [0.4, 0.5) is 0 Å². The second-order valence-electron chi connectivity index (χ2n) is 6.02. The Kier molecular flexibility index (Phi) is 6.96. The van der Waals surface area contributed by atoms with Gasteiger partial charge in [0.05, 0.1) is 0 Å². The van der Waals surface area contributed by atoms with E-state index in [1.807, 2.05) is 20.8 Å². The van der Waals surface area contributed by atoms with E-state index in [-0.39, 0.29) is 17.8 Å². The lowest BCUT2D eigenvalue weighted by molar-refractivity contribution is -0.155. The van der Waals surface area contributed by atoms with Crippen molar-refractivity contribution in [1.82, 2.24) is 0 Å². The number of rotatable bonds is 8. The lowest BCUT2D eigenvalue weighted by Gasteiger charge is -2.32. The molecule has 0 aromatic rings. The number of carbonyl (C=O) groups is 2. The third-order valence-electron chi connectivity index (χ3n) is 3.50. The lowest BCUT2D eigenvalue weighted by atomic mass is 9.73. The highest BCUT2D eigenvalue weighted by molar-refractivity contribution is 5.92. The van der Waals surface area contributed by atoms with Crippen LogP contribution in [-0.4, -0.2) is 22.2 Å². The highest BCUT2D eigenvalue weighted by atomic mass is 16.4. The van der Waals surface area contributed by atoms with Gasteiger partial charge in [0.25, 0.3) is 0 Å². The van der Waals surface area contributed by atoms with E-state index in [1.54, 1.807) is 0 Å². The van der Waals surface area contributed by atoms with Crippen molar-refractivity contribution in [2.45, 2.75) is 59.8 Å². The van der Waals surface area contributed by atoms with Gasteiger partial charge in [0.15, 0.2) is 5.92 Å². The summed E-state index contributed by atoms with van der Waals surface area (Å²) in [5, 5.41) is 17.9. The van der Waals surface area contributed by atoms with E-state index in [4.69, 9.17) is 10.2 Å². The molecular weight excluding hydrogens is 232 g/mol. The van der Waals surface area contributed by atoms with Crippen LogP contribution in [-0.2, 0) is 9.59 Å². The summed E-state index contributed by atoms with van der Waals surface area (Å²) >= 11 is 0. The van der Waals surface area contributed by atoms with Gasteiger partial charge >= 0.3 is 11.9 Å². The summed E-state index contributed by atoms with van der Waals surface area (Å²) in [7, 11) is 0. The maximum atomic E-state index is 11.0. The number of hydrogen-bond donors (Lipinski definition) is 2. The Bertz CT molecular complexity index is 264. The fraction of sp³-hybridized carbons (Fsp3) is 0.857. The van der Waals surface area contributed by atoms with Gasteiger partial charge in [0.2, 0.25) is 0 Å². The third kappa shape index (κ3) is 6.03. The number of unbranched alkanes of at least 4 members (excludes halogenated alkanes) is 2. The quantitative estimate of drug-likeness (QED) is 0.517. The van der Waals surface area contributed by atoms with Gasteiger partial charge < -0.3 is 10.2 Å². The van der Waals surface area contributed by atoms with E-state index in [2.05, 4.69) is 6.92 Å². The van der Waals surface area contributed by atoms with Gasteiger partial charge in [-0.25, -0.2) is 0 Å². The van der Waals surface area contributed by atoms with Crippen LogP contribution in [0.3, 0.4) is 0 Å². The number of carboxylic acids is 2. The molecule has 1 unspecified atom stereocenters. The Hall–Kier alpha value is -1.06. The summed E-state index contributed by atoms with van der Waals surface area (Å²) < 4.78 is 0. The van der Waals surface area contributed by atoms with Crippen LogP contribution in [0.5, 0.6) is 0 Å². The van der Waals surface area contributed by atoms with Crippen molar-refractivity contribution in [3.8, 4) is 0 Å². The highest BCUT2D eigenvalue weighted by Crippen LogP contribution is 2.35. The zero-order valence-corrected chi connectivity index (χ0v) is 11.9. The van der Waals surface area contributed by atoms with Crippen molar-refractivity contribution in [3.05, 3.63) is 0 Å². The van der Waals surface area contributed by atoms with Gasteiger partial charge in [-0.1, -0.05) is 47.0 Å². The zero-order valence-electron chi connectivity index (χ0n) is 11.9. The Labute approximate surface area is 109 Å². The second-order valence-corrected chi connectivity index (χ2v) is 6.02. The van der Waals surface area contributed by atoms with Crippen molar-refractivity contribution >= 4 is 11.9 Å². The van der Waals surface area contributed by atoms with Gasteiger partial charge in [0, 0.05) is 0 Å². The molecule has 0 rings (SSSR count). The minimum Gasteiger partial charge on any atom is -0.481 e. The summed E-state index contributed by atoms with van der Waals surface area (Å²) in [6, 6.07) is 0. The molecule has 0 amide bonds. The Morgan fingerprint density at radius 1 is 1.06 bits per heavy atom. The van der Waals surface area contributed by atoms with Crippen molar-refractivity contribution in [1.29, 1.82) is 0 Å². The average molecular weight is 258 g/mol. The fourth-order valence-electron chi connectivity index (χ4n) is 2.14. The molecule has 0 aromatic carbocycles. The van der Waals surface area contributed by atoms with E-state index in [0.717, 1.165) is 25.7 Å². The maximum absolute atomic E-state index is 11.0. The molecule has 106 valence electrons. The van der Waals surface area contributed by atoms with Crippen LogP contribution in [0.25, 0.3) is 0 Å². The molecule has 0 aliphatic heterocycles. The van der Waals surface area contributed by atoms with Gasteiger partial charge in [-0.3, -0.25) is 9.59 Å². The number of aliphatic carboxylic acids is 2. The molecule has 0 heterocycles. The third-order valence-corrected chi connectivity index (χ3v) is 3.50. The molecule has 0 aromatic heterocycles. The van der Waals surface area contributed by atoms with Crippen molar-refractivity contribution in [2.24, 2.45) is 17.3 Å². The van der Waals surface area contributed by atoms with Crippen LogP contribution in [0.2, 0.25) is 0 Å². The molecule has 4 heteroatoms. The number of carboxylic acid groups (broad SMARTS) is 2. The summed E-state index contributed by atoms with van der Waals surface area (Å²) in [6.45, 7) is 8.25. The molecule has 4 nitrogen and oxygen atoms in total. The van der Waals surface area contributed by atoms with E-state index in [0.29, 0.717) is 0 Å². The summed E-state index contributed by atoms with van der Waals surface area (Å²) in [6.07, 6.45) is 4.37. The van der Waals surface area contributed by atoms with Gasteiger partial charge in [-0.05, 0) is 24.2 Å². The van der Waals surface area contributed by atoms with Crippen LogP contribution < -0.4 is 0 Å². The first-order chi connectivity index (χ1) is 8.20. The minimum absolute atomic E-state index is 0.0586. The standard InChI is InChI=1S/C14H26O4/c1-5-6-7-8-10(14(2,3)4)9-11(12(15)16)13(17)18/h10-11H,5-9H2,1-4H3,(H,15,16)(H,17,18). The van der Waals surface area contributed by atoms with Crippen LogP contribution in [0, 0.1) is 17.3 Å². The average Bonchev–Trinajstić information content (AvgIpc) is 2.20. The molecular formula is C14H26O4.